The van der Waals surface area contributed by atoms with E-state index < -0.39 is 0 Å². The van der Waals surface area contributed by atoms with E-state index in [4.69, 9.17) is 4.74 Å². The van der Waals surface area contributed by atoms with Crippen molar-refractivity contribution < 1.29 is 14.3 Å². The summed E-state index contributed by atoms with van der Waals surface area (Å²) in [5.74, 6) is 0.109. The van der Waals surface area contributed by atoms with E-state index in [1.54, 1.807) is 24.3 Å². The standard InChI is InChI=1S/C18H21N5O3/c1-12(24)22-13-4-6-14(7-5-13)23-18(25)16-10-21-17(11-19-16)20-9-15-3-2-8-26-15/h4-7,10-11,15H,2-3,8-9H2,1H3,(H,20,21)(H,22,24)(H,23,25). The third-order valence-corrected chi connectivity index (χ3v) is 3.88. The van der Waals surface area contributed by atoms with Gasteiger partial charge in [-0.1, -0.05) is 0 Å². The van der Waals surface area contributed by atoms with Gasteiger partial charge in [0, 0.05) is 31.5 Å². The van der Waals surface area contributed by atoms with Gasteiger partial charge in [-0.05, 0) is 37.1 Å². The predicted octanol–water partition coefficient (Wildman–Crippen LogP) is 2.28. The summed E-state index contributed by atoms with van der Waals surface area (Å²) in [7, 11) is 0. The van der Waals surface area contributed by atoms with Crippen molar-refractivity contribution in [2.45, 2.75) is 25.9 Å². The Hall–Kier alpha value is -3.00. The molecule has 1 unspecified atom stereocenters. The van der Waals surface area contributed by atoms with Gasteiger partial charge in [0.25, 0.3) is 5.91 Å². The zero-order chi connectivity index (χ0) is 18.4. The van der Waals surface area contributed by atoms with Gasteiger partial charge in [-0.15, -0.1) is 0 Å². The van der Waals surface area contributed by atoms with Crippen LogP contribution in [0.25, 0.3) is 0 Å². The van der Waals surface area contributed by atoms with Crippen LogP contribution in [0, 0.1) is 0 Å². The van der Waals surface area contributed by atoms with Crippen molar-refractivity contribution in [2.24, 2.45) is 0 Å². The predicted molar refractivity (Wildman–Crippen MR) is 98.2 cm³/mol. The average Bonchev–Trinajstić information content (AvgIpc) is 3.15. The largest absolute Gasteiger partial charge is 0.376 e. The maximum Gasteiger partial charge on any atom is 0.275 e. The van der Waals surface area contributed by atoms with Crippen molar-refractivity contribution in [1.29, 1.82) is 0 Å². The van der Waals surface area contributed by atoms with Crippen LogP contribution in [0.5, 0.6) is 0 Å². The summed E-state index contributed by atoms with van der Waals surface area (Å²) in [6, 6.07) is 6.82. The van der Waals surface area contributed by atoms with Gasteiger partial charge in [-0.25, -0.2) is 9.97 Å². The summed E-state index contributed by atoms with van der Waals surface area (Å²) < 4.78 is 5.53. The van der Waals surface area contributed by atoms with Crippen LogP contribution in [-0.2, 0) is 9.53 Å². The summed E-state index contributed by atoms with van der Waals surface area (Å²) in [5, 5.41) is 8.57. The number of hydrogen-bond acceptors (Lipinski definition) is 6. The lowest BCUT2D eigenvalue weighted by molar-refractivity contribution is -0.114. The van der Waals surface area contributed by atoms with Crippen molar-refractivity contribution in [3.8, 4) is 0 Å². The van der Waals surface area contributed by atoms with Crippen LogP contribution in [0.1, 0.15) is 30.3 Å². The molecule has 0 aliphatic carbocycles. The lowest BCUT2D eigenvalue weighted by atomic mass is 10.2. The number of amides is 2. The summed E-state index contributed by atoms with van der Waals surface area (Å²) in [6.07, 6.45) is 5.30. The number of ether oxygens (including phenoxy) is 1. The summed E-state index contributed by atoms with van der Waals surface area (Å²) in [5.41, 5.74) is 1.49. The Balaban J connectivity index is 1.53. The second-order valence-electron chi connectivity index (χ2n) is 6.02. The van der Waals surface area contributed by atoms with Crippen molar-refractivity contribution in [3.05, 3.63) is 42.4 Å². The molecule has 1 aromatic carbocycles. The summed E-state index contributed by atoms with van der Waals surface area (Å²) in [4.78, 5) is 31.6. The molecule has 2 heterocycles. The maximum atomic E-state index is 12.2. The lowest BCUT2D eigenvalue weighted by Crippen LogP contribution is -2.19. The number of nitrogens with zero attached hydrogens (tertiary/aromatic N) is 2. The van der Waals surface area contributed by atoms with Gasteiger partial charge in [0.05, 0.1) is 18.5 Å². The molecule has 3 N–H and O–H groups in total. The third-order valence-electron chi connectivity index (χ3n) is 3.88. The normalized spacial score (nSPS) is 16.1. The van der Waals surface area contributed by atoms with Gasteiger partial charge >= 0.3 is 0 Å². The van der Waals surface area contributed by atoms with Crippen molar-refractivity contribution >= 4 is 29.0 Å². The highest BCUT2D eigenvalue weighted by atomic mass is 16.5. The van der Waals surface area contributed by atoms with Crippen molar-refractivity contribution in [2.75, 3.05) is 29.1 Å². The molecule has 2 aromatic rings. The van der Waals surface area contributed by atoms with Gasteiger partial charge in [-0.2, -0.15) is 0 Å². The van der Waals surface area contributed by atoms with Crippen LogP contribution in [0.15, 0.2) is 36.7 Å². The molecular weight excluding hydrogens is 334 g/mol. The Kier molecular flexibility index (Phi) is 5.75. The highest BCUT2D eigenvalue weighted by molar-refractivity contribution is 6.02. The fourth-order valence-corrected chi connectivity index (χ4v) is 2.60. The molecule has 1 saturated heterocycles. The third kappa shape index (κ3) is 5.00. The SMILES string of the molecule is CC(=O)Nc1ccc(NC(=O)c2cnc(NCC3CCCO3)cn2)cc1. The Morgan fingerprint density at radius 2 is 1.85 bits per heavy atom. The number of nitrogens with one attached hydrogen (secondary N) is 3. The van der Waals surface area contributed by atoms with Crippen LogP contribution >= 0.6 is 0 Å². The Labute approximate surface area is 151 Å². The molecule has 1 aliphatic rings. The van der Waals surface area contributed by atoms with Gasteiger partial charge in [-0.3, -0.25) is 9.59 Å². The van der Waals surface area contributed by atoms with Crippen LogP contribution in [0.3, 0.4) is 0 Å². The molecule has 3 rings (SSSR count). The van der Waals surface area contributed by atoms with E-state index in [9.17, 15) is 9.59 Å². The molecule has 136 valence electrons. The quantitative estimate of drug-likeness (QED) is 0.734. The molecule has 1 atom stereocenters. The number of benzene rings is 1. The molecule has 26 heavy (non-hydrogen) atoms. The Morgan fingerprint density at radius 3 is 2.42 bits per heavy atom. The zero-order valence-corrected chi connectivity index (χ0v) is 14.5. The fourth-order valence-electron chi connectivity index (χ4n) is 2.60. The van der Waals surface area contributed by atoms with E-state index in [0.29, 0.717) is 23.7 Å². The number of aromatic nitrogens is 2. The minimum atomic E-state index is -0.351. The summed E-state index contributed by atoms with van der Waals surface area (Å²) in [6.45, 7) is 2.93. The molecule has 0 saturated carbocycles. The van der Waals surface area contributed by atoms with E-state index >= 15 is 0 Å². The minimum absolute atomic E-state index is 0.148. The second kappa shape index (κ2) is 8.39. The molecule has 0 radical (unpaired) electrons. The fraction of sp³-hybridized carbons (Fsp3) is 0.333. The minimum Gasteiger partial charge on any atom is -0.376 e. The van der Waals surface area contributed by atoms with Gasteiger partial charge < -0.3 is 20.7 Å². The smallest absolute Gasteiger partial charge is 0.275 e. The second-order valence-corrected chi connectivity index (χ2v) is 6.02. The first-order valence-electron chi connectivity index (χ1n) is 8.47. The topological polar surface area (TPSA) is 105 Å². The zero-order valence-electron chi connectivity index (χ0n) is 14.5. The van der Waals surface area contributed by atoms with E-state index in [-0.39, 0.29) is 23.6 Å². The molecule has 1 fully saturated rings. The van der Waals surface area contributed by atoms with E-state index in [2.05, 4.69) is 25.9 Å². The number of anilines is 3. The molecule has 1 aromatic heterocycles. The van der Waals surface area contributed by atoms with Crippen LogP contribution < -0.4 is 16.0 Å². The molecule has 0 spiro atoms. The van der Waals surface area contributed by atoms with Crippen molar-refractivity contribution in [1.82, 2.24) is 9.97 Å². The lowest BCUT2D eigenvalue weighted by Gasteiger charge is -2.11. The maximum absolute atomic E-state index is 12.2. The molecular formula is C18H21N5O3. The number of carbonyl (C=O) groups is 2. The molecule has 8 nitrogen and oxygen atoms in total. The van der Waals surface area contributed by atoms with Crippen LogP contribution in [0.4, 0.5) is 17.2 Å². The highest BCUT2D eigenvalue weighted by Gasteiger charge is 2.15. The first kappa shape index (κ1) is 17.8. The Bertz CT molecular complexity index is 755. The van der Waals surface area contributed by atoms with Gasteiger partial charge in [0.2, 0.25) is 5.91 Å². The van der Waals surface area contributed by atoms with E-state index in [1.165, 1.54) is 19.3 Å². The molecule has 1 aliphatic heterocycles. The first-order valence-corrected chi connectivity index (χ1v) is 8.47. The average molecular weight is 355 g/mol. The molecule has 0 bridgehead atoms. The van der Waals surface area contributed by atoms with Crippen LogP contribution in [0.2, 0.25) is 0 Å². The number of carbonyl (C=O) groups excluding carboxylic acids is 2. The molecule has 8 heteroatoms. The van der Waals surface area contributed by atoms with E-state index in [1.807, 2.05) is 0 Å². The van der Waals surface area contributed by atoms with Gasteiger partial charge in [0.15, 0.2) is 0 Å². The van der Waals surface area contributed by atoms with Crippen LogP contribution in [-0.4, -0.2) is 41.0 Å². The summed E-state index contributed by atoms with van der Waals surface area (Å²) >= 11 is 0. The Morgan fingerprint density at radius 1 is 1.12 bits per heavy atom. The number of hydrogen-bond donors (Lipinski definition) is 3. The first-order chi connectivity index (χ1) is 12.6. The highest BCUT2D eigenvalue weighted by Crippen LogP contribution is 2.15. The molecule has 2 amide bonds. The van der Waals surface area contributed by atoms with Gasteiger partial charge in [0.1, 0.15) is 11.5 Å². The monoisotopic (exact) mass is 355 g/mol. The number of rotatable bonds is 6. The van der Waals surface area contributed by atoms with Crippen molar-refractivity contribution in [3.63, 3.8) is 0 Å². The van der Waals surface area contributed by atoms with E-state index in [0.717, 1.165) is 19.4 Å².